The Morgan fingerprint density at radius 3 is 2.43 bits per heavy atom. The van der Waals surface area contributed by atoms with Crippen molar-refractivity contribution in [3.05, 3.63) is 35.5 Å². The van der Waals surface area contributed by atoms with Gasteiger partial charge in [-0.2, -0.15) is 0 Å². The predicted octanol–water partition coefficient (Wildman–Crippen LogP) is -1.07. The minimum atomic E-state index is 0. The van der Waals surface area contributed by atoms with Crippen molar-refractivity contribution in [1.29, 1.82) is 0 Å². The summed E-state index contributed by atoms with van der Waals surface area (Å²) in [7, 11) is 0. The number of rotatable bonds is 0. The molecule has 1 heterocycles. The fraction of sp³-hybridized carbons (Fsp3) is 0.182. The van der Waals surface area contributed by atoms with E-state index >= 15 is 0 Å². The normalized spacial score (nSPS) is 9.86. The molecule has 0 saturated carbocycles. The number of pyridine rings is 1. The van der Waals surface area contributed by atoms with Gasteiger partial charge in [-0.15, -0.1) is 0 Å². The molecule has 0 N–H and O–H groups in total. The maximum Gasteiger partial charge on any atom is 1.00 e. The molecule has 0 bridgehead atoms. The van der Waals surface area contributed by atoms with Gasteiger partial charge >= 0.3 is 18.9 Å². The summed E-state index contributed by atoms with van der Waals surface area (Å²) in [5.41, 5.74) is 2.64. The average Bonchev–Trinajstić information content (AvgIpc) is 2.02. The number of fused-ring (bicyclic) bond motifs is 1. The number of benzene rings is 1. The molecule has 3 heteroatoms. The van der Waals surface area contributed by atoms with Crippen molar-refractivity contribution in [2.75, 3.05) is 0 Å². The van der Waals surface area contributed by atoms with Gasteiger partial charge in [0.1, 0.15) is 0 Å². The molecular formula is C11H10LiNO. The van der Waals surface area contributed by atoms with Crippen LogP contribution < -0.4 is 24.0 Å². The van der Waals surface area contributed by atoms with Gasteiger partial charge in [0.25, 0.3) is 0 Å². The summed E-state index contributed by atoms with van der Waals surface area (Å²) in [6, 6.07) is 5.58. The van der Waals surface area contributed by atoms with Gasteiger partial charge in [0.15, 0.2) is 0 Å². The van der Waals surface area contributed by atoms with E-state index in [9.17, 15) is 5.11 Å². The minimum Gasteiger partial charge on any atom is -0.871 e. The van der Waals surface area contributed by atoms with E-state index in [0.717, 1.165) is 16.5 Å². The molecule has 2 rings (SSSR count). The summed E-state index contributed by atoms with van der Waals surface area (Å²) in [5.74, 6) is 0.00926. The van der Waals surface area contributed by atoms with E-state index in [0.29, 0.717) is 5.52 Å². The Kier molecular flexibility index (Phi) is 3.20. The Morgan fingerprint density at radius 2 is 1.71 bits per heavy atom. The van der Waals surface area contributed by atoms with Crippen molar-refractivity contribution in [2.45, 2.75) is 13.8 Å². The van der Waals surface area contributed by atoms with Gasteiger partial charge in [-0.05, 0) is 31.5 Å². The van der Waals surface area contributed by atoms with Crippen LogP contribution in [0.5, 0.6) is 5.75 Å². The zero-order valence-corrected chi connectivity index (χ0v) is 8.66. The van der Waals surface area contributed by atoms with E-state index in [2.05, 4.69) is 4.98 Å². The van der Waals surface area contributed by atoms with Crippen LogP contribution in [0.3, 0.4) is 0 Å². The quantitative estimate of drug-likeness (QED) is 0.483. The van der Waals surface area contributed by atoms with Crippen LogP contribution in [-0.4, -0.2) is 4.98 Å². The molecule has 0 aliphatic rings. The summed E-state index contributed by atoms with van der Waals surface area (Å²) in [6.07, 6.45) is 1.72. The Balaban J connectivity index is 0.000000980. The number of aromatic nitrogens is 1. The van der Waals surface area contributed by atoms with Crippen LogP contribution in [0.2, 0.25) is 0 Å². The second-order valence-corrected chi connectivity index (χ2v) is 3.35. The summed E-state index contributed by atoms with van der Waals surface area (Å²) in [6.45, 7) is 3.89. The average molecular weight is 179 g/mol. The largest absolute Gasteiger partial charge is 1.00 e. The molecule has 0 saturated heterocycles. The van der Waals surface area contributed by atoms with Crippen LogP contribution in [0, 0.1) is 13.8 Å². The molecule has 0 atom stereocenters. The third-order valence-electron chi connectivity index (χ3n) is 2.03. The van der Waals surface area contributed by atoms with Gasteiger partial charge < -0.3 is 5.11 Å². The summed E-state index contributed by atoms with van der Waals surface area (Å²) >= 11 is 0. The second kappa shape index (κ2) is 4.04. The molecule has 1 aromatic heterocycles. The minimum absolute atomic E-state index is 0. The number of aryl methyl sites for hydroxylation is 2. The van der Waals surface area contributed by atoms with Crippen molar-refractivity contribution >= 4 is 10.9 Å². The SMILES string of the molecule is Cc1cnc2c([O-])cc(C)cc2c1.[Li+]. The molecule has 2 nitrogen and oxygen atoms in total. The van der Waals surface area contributed by atoms with Gasteiger partial charge in [-0.3, -0.25) is 4.98 Å². The van der Waals surface area contributed by atoms with Crippen molar-refractivity contribution in [3.63, 3.8) is 0 Å². The van der Waals surface area contributed by atoms with E-state index in [-0.39, 0.29) is 24.6 Å². The molecule has 14 heavy (non-hydrogen) atoms. The topological polar surface area (TPSA) is 36.0 Å². The molecule has 0 radical (unpaired) electrons. The van der Waals surface area contributed by atoms with E-state index < -0.39 is 0 Å². The van der Waals surface area contributed by atoms with Crippen molar-refractivity contribution in [1.82, 2.24) is 4.98 Å². The molecule has 66 valence electrons. The van der Waals surface area contributed by atoms with E-state index in [1.54, 1.807) is 12.3 Å². The van der Waals surface area contributed by atoms with Gasteiger partial charge in [0.2, 0.25) is 0 Å². The molecule has 0 fully saturated rings. The van der Waals surface area contributed by atoms with Crippen LogP contribution in [0.25, 0.3) is 10.9 Å². The van der Waals surface area contributed by atoms with Crippen LogP contribution >= 0.6 is 0 Å². The molecule has 2 aromatic rings. The monoisotopic (exact) mass is 179 g/mol. The first-order valence-electron chi connectivity index (χ1n) is 4.21. The van der Waals surface area contributed by atoms with Crippen LogP contribution in [0.1, 0.15) is 11.1 Å². The zero-order valence-electron chi connectivity index (χ0n) is 8.66. The Hall–Kier alpha value is -0.973. The standard InChI is InChI=1S/C11H11NO.Li/c1-7-3-9-4-8(2)6-12-11(9)10(13)5-7;/h3-6,13H,1-2H3;/q;+1/p-1. The maximum absolute atomic E-state index is 11.4. The first kappa shape index (κ1) is 11.1. The zero-order chi connectivity index (χ0) is 9.42. The van der Waals surface area contributed by atoms with Crippen molar-refractivity contribution < 1.29 is 24.0 Å². The smallest absolute Gasteiger partial charge is 0.871 e. The number of hydrogen-bond donors (Lipinski definition) is 0. The predicted molar refractivity (Wildman–Crippen MR) is 50.7 cm³/mol. The van der Waals surface area contributed by atoms with Crippen LogP contribution in [0.15, 0.2) is 24.4 Å². The van der Waals surface area contributed by atoms with Gasteiger partial charge in [0.05, 0.1) is 5.52 Å². The van der Waals surface area contributed by atoms with E-state index in [1.165, 1.54) is 0 Å². The molecule has 0 aliphatic carbocycles. The van der Waals surface area contributed by atoms with E-state index in [4.69, 9.17) is 0 Å². The van der Waals surface area contributed by atoms with E-state index in [1.807, 2.05) is 26.0 Å². The molecule has 0 unspecified atom stereocenters. The Morgan fingerprint density at radius 1 is 1.07 bits per heavy atom. The maximum atomic E-state index is 11.4. The molecular weight excluding hydrogens is 169 g/mol. The molecule has 0 spiro atoms. The summed E-state index contributed by atoms with van der Waals surface area (Å²) < 4.78 is 0. The van der Waals surface area contributed by atoms with Crippen LogP contribution in [-0.2, 0) is 0 Å². The second-order valence-electron chi connectivity index (χ2n) is 3.35. The van der Waals surface area contributed by atoms with Gasteiger partial charge in [-0.25, -0.2) is 0 Å². The molecule has 1 aromatic carbocycles. The molecule has 0 aliphatic heterocycles. The third kappa shape index (κ3) is 1.92. The number of nitrogens with zero attached hydrogens (tertiary/aromatic N) is 1. The first-order chi connectivity index (χ1) is 6.16. The Labute approximate surface area is 95.2 Å². The number of hydrogen-bond acceptors (Lipinski definition) is 2. The van der Waals surface area contributed by atoms with Crippen LogP contribution in [0.4, 0.5) is 0 Å². The van der Waals surface area contributed by atoms with Gasteiger partial charge in [-0.1, -0.05) is 17.4 Å². The summed E-state index contributed by atoms with van der Waals surface area (Å²) in [5, 5.41) is 12.4. The van der Waals surface area contributed by atoms with Crippen molar-refractivity contribution in [2.24, 2.45) is 0 Å². The third-order valence-corrected chi connectivity index (χ3v) is 2.03. The fourth-order valence-electron chi connectivity index (χ4n) is 1.47. The van der Waals surface area contributed by atoms with Crippen molar-refractivity contribution in [3.8, 4) is 5.75 Å². The summed E-state index contributed by atoms with van der Waals surface area (Å²) in [4.78, 5) is 4.11. The van der Waals surface area contributed by atoms with Gasteiger partial charge in [0, 0.05) is 11.6 Å². The molecule has 0 amide bonds. The fourth-order valence-corrected chi connectivity index (χ4v) is 1.47. The Bertz CT molecular complexity index is 463. The first-order valence-corrected chi connectivity index (χ1v) is 4.21.